The molecule has 0 radical (unpaired) electrons. The highest BCUT2D eigenvalue weighted by Crippen LogP contribution is 2.63. The summed E-state index contributed by atoms with van der Waals surface area (Å²) in [6.45, 7) is 15.6. The second-order valence-corrected chi connectivity index (χ2v) is 14.3. The summed E-state index contributed by atoms with van der Waals surface area (Å²) in [7, 11) is 0. The zero-order valence-electron chi connectivity index (χ0n) is 29.6. The van der Waals surface area contributed by atoms with E-state index in [-0.39, 0.29) is 0 Å². The molecule has 0 amide bonds. The fourth-order valence-electron chi connectivity index (χ4n) is 9.55. The zero-order chi connectivity index (χ0) is 37.1. The Morgan fingerprint density at radius 1 is 0.446 bits per heavy atom. The maximum Gasteiger partial charge on any atom is 0.188 e. The van der Waals surface area contributed by atoms with E-state index >= 15 is 0 Å². The molecule has 0 saturated heterocycles. The number of fused-ring (bicyclic) bond motifs is 15. The molecule has 0 bridgehead atoms. The second-order valence-electron chi connectivity index (χ2n) is 14.3. The van der Waals surface area contributed by atoms with Gasteiger partial charge in [0.25, 0.3) is 0 Å². The van der Waals surface area contributed by atoms with Gasteiger partial charge in [-0.1, -0.05) is 84.9 Å². The predicted molar refractivity (Wildman–Crippen MR) is 221 cm³/mol. The van der Waals surface area contributed by atoms with E-state index in [4.69, 9.17) is 27.8 Å². The van der Waals surface area contributed by atoms with Crippen LogP contribution in [0.3, 0.4) is 0 Å². The van der Waals surface area contributed by atoms with Crippen molar-refractivity contribution in [2.45, 2.75) is 5.41 Å². The number of rotatable bonds is 2. The van der Waals surface area contributed by atoms with Gasteiger partial charge in [0, 0.05) is 34.3 Å². The number of aromatic nitrogens is 4. The zero-order valence-corrected chi connectivity index (χ0v) is 29.6. The Kier molecular flexibility index (Phi) is 5.99. The number of nitrogens with zero attached hydrogens (tertiary/aromatic N) is 6. The van der Waals surface area contributed by atoms with Crippen molar-refractivity contribution in [1.29, 1.82) is 0 Å². The van der Waals surface area contributed by atoms with Gasteiger partial charge >= 0.3 is 0 Å². The van der Waals surface area contributed by atoms with Crippen LogP contribution in [0.4, 0.5) is 11.4 Å². The van der Waals surface area contributed by atoms with Gasteiger partial charge < -0.3 is 13.9 Å². The van der Waals surface area contributed by atoms with Crippen molar-refractivity contribution in [2.75, 3.05) is 0 Å². The van der Waals surface area contributed by atoms with Gasteiger partial charge in [0.1, 0.15) is 0 Å². The molecule has 0 atom stereocenters. The van der Waals surface area contributed by atoms with Crippen molar-refractivity contribution in [3.8, 4) is 34.3 Å². The summed E-state index contributed by atoms with van der Waals surface area (Å²) >= 11 is 0. The van der Waals surface area contributed by atoms with E-state index in [9.17, 15) is 0 Å². The Morgan fingerprint density at radius 2 is 0.893 bits per heavy atom. The summed E-state index contributed by atoms with van der Waals surface area (Å²) in [6, 6.07) is 49.9. The van der Waals surface area contributed by atoms with Crippen LogP contribution in [-0.2, 0) is 5.41 Å². The smallest absolute Gasteiger partial charge is 0.188 e. The largest absolute Gasteiger partial charge is 0.452 e. The molecule has 258 valence electrons. The summed E-state index contributed by atoms with van der Waals surface area (Å²) in [5.74, 6) is 1.46. The van der Waals surface area contributed by atoms with Crippen LogP contribution in [0, 0.1) is 13.1 Å². The quantitative estimate of drug-likeness (QED) is 0.168. The molecule has 10 aromatic rings. The van der Waals surface area contributed by atoms with E-state index in [0.717, 1.165) is 83.6 Å². The molecule has 1 aliphatic carbocycles. The van der Waals surface area contributed by atoms with Gasteiger partial charge in [0.2, 0.25) is 0 Å². The molecule has 2 aliphatic rings. The van der Waals surface area contributed by atoms with Crippen molar-refractivity contribution in [3.63, 3.8) is 0 Å². The van der Waals surface area contributed by atoms with Gasteiger partial charge in [0.05, 0.1) is 63.4 Å². The monoisotopic (exact) mass is 714 g/mol. The van der Waals surface area contributed by atoms with Gasteiger partial charge in [-0.25, -0.2) is 9.69 Å². The number of pyridine rings is 2. The van der Waals surface area contributed by atoms with E-state index in [1.165, 1.54) is 10.8 Å². The van der Waals surface area contributed by atoms with Crippen LogP contribution in [0.2, 0.25) is 0 Å². The topological polar surface area (TPSA) is 53.6 Å². The number of ether oxygens (including phenoxy) is 1. The number of para-hydroxylation sites is 4. The molecule has 6 aromatic carbocycles. The summed E-state index contributed by atoms with van der Waals surface area (Å²) < 4.78 is 12.1. The van der Waals surface area contributed by atoms with Crippen LogP contribution < -0.4 is 4.74 Å². The fraction of sp³-hybridized carbons (Fsp3) is 0.0204. The Hall–Kier alpha value is -8.00. The van der Waals surface area contributed by atoms with E-state index in [0.29, 0.717) is 17.1 Å². The molecule has 0 fully saturated rings. The molecule has 0 saturated carbocycles. The van der Waals surface area contributed by atoms with E-state index in [2.05, 4.69) is 116 Å². The summed E-state index contributed by atoms with van der Waals surface area (Å²) in [5, 5.41) is 4.14. The molecule has 56 heavy (non-hydrogen) atoms. The van der Waals surface area contributed by atoms with Crippen LogP contribution in [0.1, 0.15) is 22.3 Å². The third kappa shape index (κ3) is 3.73. The minimum Gasteiger partial charge on any atom is -0.452 e. The lowest BCUT2D eigenvalue weighted by Gasteiger charge is -2.40. The van der Waals surface area contributed by atoms with Gasteiger partial charge in [0.15, 0.2) is 22.9 Å². The highest BCUT2D eigenvalue weighted by molar-refractivity contribution is 6.12. The number of hydrogen-bond donors (Lipinski definition) is 0. The molecule has 5 heterocycles. The van der Waals surface area contributed by atoms with Gasteiger partial charge in [-0.2, -0.15) is 0 Å². The van der Waals surface area contributed by atoms with Crippen molar-refractivity contribution in [3.05, 3.63) is 203 Å². The third-order valence-corrected chi connectivity index (χ3v) is 11.7. The number of hydrogen-bond acceptors (Lipinski definition) is 3. The predicted octanol–water partition coefficient (Wildman–Crippen LogP) is 12.2. The fourth-order valence-corrected chi connectivity index (χ4v) is 9.55. The van der Waals surface area contributed by atoms with Crippen LogP contribution in [0.25, 0.3) is 76.1 Å². The van der Waals surface area contributed by atoms with Crippen molar-refractivity contribution < 1.29 is 4.74 Å². The summed E-state index contributed by atoms with van der Waals surface area (Å²) in [6.07, 6.45) is 3.69. The first-order chi connectivity index (χ1) is 27.7. The van der Waals surface area contributed by atoms with Crippen LogP contribution in [0.15, 0.2) is 158 Å². The molecule has 4 aromatic heterocycles. The molecule has 1 spiro atoms. The molecule has 1 aliphatic heterocycles. The molecule has 12 rings (SSSR count). The second kappa shape index (κ2) is 11.0. The minimum absolute atomic E-state index is 0.541. The summed E-state index contributed by atoms with van der Waals surface area (Å²) in [4.78, 5) is 17.5. The van der Waals surface area contributed by atoms with Crippen LogP contribution in [0.5, 0.6) is 11.5 Å². The van der Waals surface area contributed by atoms with Crippen molar-refractivity contribution in [1.82, 2.24) is 19.1 Å². The molecular weight excluding hydrogens is 689 g/mol. The standard InChI is InChI=1S/C49H26N6O/c1-50-29-21-23-41-33(27-29)34-28-30(51-2)22-24-42(34)55(41)44-20-8-14-38-48(44)56-47-37(49(38)35-15-9-25-52-45(35)46-36(49)16-10-26-53-46)13-7-19-43(47)54-39-17-5-3-11-31(39)32-12-4-6-18-40(32)54/h3-28H. The Balaban J connectivity index is 1.25. The highest BCUT2D eigenvalue weighted by Gasteiger charge is 2.53. The molecule has 7 heteroatoms. The number of benzene rings is 6. The lowest BCUT2D eigenvalue weighted by molar-refractivity contribution is 0.433. The Morgan fingerprint density at radius 3 is 1.38 bits per heavy atom. The van der Waals surface area contributed by atoms with Crippen LogP contribution >= 0.6 is 0 Å². The molecule has 0 N–H and O–H groups in total. The minimum atomic E-state index is -0.825. The third-order valence-electron chi connectivity index (χ3n) is 11.7. The van der Waals surface area contributed by atoms with Gasteiger partial charge in [-0.05, 0) is 82.6 Å². The maximum absolute atomic E-state index is 7.80. The lowest BCUT2D eigenvalue weighted by atomic mass is 9.66. The average Bonchev–Trinajstić information content (AvgIpc) is 3.87. The van der Waals surface area contributed by atoms with Crippen molar-refractivity contribution in [2.24, 2.45) is 0 Å². The van der Waals surface area contributed by atoms with E-state index in [1.807, 2.05) is 60.9 Å². The summed E-state index contributed by atoms with van der Waals surface area (Å²) in [5.41, 5.74) is 11.8. The first-order valence-corrected chi connectivity index (χ1v) is 18.4. The first-order valence-electron chi connectivity index (χ1n) is 18.4. The highest BCUT2D eigenvalue weighted by atomic mass is 16.5. The van der Waals surface area contributed by atoms with Gasteiger partial charge in [-0.3, -0.25) is 9.97 Å². The average molecular weight is 715 g/mol. The normalized spacial score (nSPS) is 13.2. The van der Waals surface area contributed by atoms with E-state index < -0.39 is 5.41 Å². The molecular formula is C49H26N6O. The van der Waals surface area contributed by atoms with Crippen LogP contribution in [-0.4, -0.2) is 19.1 Å². The first kappa shape index (κ1) is 30.5. The molecule has 0 unspecified atom stereocenters. The van der Waals surface area contributed by atoms with E-state index in [1.54, 1.807) is 0 Å². The Labute approximate surface area is 320 Å². The van der Waals surface area contributed by atoms with Gasteiger partial charge in [-0.15, -0.1) is 0 Å². The van der Waals surface area contributed by atoms with Crippen molar-refractivity contribution >= 4 is 55.0 Å². The maximum atomic E-state index is 7.80. The lowest BCUT2D eigenvalue weighted by Crippen LogP contribution is -2.33. The SMILES string of the molecule is [C-]#[N+]c1ccc2c(c1)c1cc([N+]#[C-])ccc1n2-c1cccc2c1Oc1c(-n3c4ccccc4c4ccccc43)cccc1C21c2cccnc2-c2ncccc21. The Bertz CT molecular complexity index is 3280. The molecule has 7 nitrogen and oxygen atoms in total.